The van der Waals surface area contributed by atoms with Gasteiger partial charge in [-0.05, 0) is 18.9 Å². The number of amides is 1. The van der Waals surface area contributed by atoms with Crippen molar-refractivity contribution in [1.29, 1.82) is 0 Å². The molecule has 0 spiro atoms. The van der Waals surface area contributed by atoms with Crippen molar-refractivity contribution in [2.75, 3.05) is 5.73 Å². The summed E-state index contributed by atoms with van der Waals surface area (Å²) in [4.78, 5) is 12.2. The molecule has 1 aromatic carbocycles. The molecule has 2 unspecified atom stereocenters. The van der Waals surface area contributed by atoms with Crippen LogP contribution in [0.3, 0.4) is 0 Å². The summed E-state index contributed by atoms with van der Waals surface area (Å²) in [6.45, 7) is 2.66. The Kier molecular flexibility index (Phi) is 3.18. The average Bonchev–Trinajstić information content (AvgIpc) is 3.12. The minimum atomic E-state index is -0.182. The highest BCUT2D eigenvalue weighted by molar-refractivity contribution is 5.97. The van der Waals surface area contributed by atoms with Crippen LogP contribution in [0.15, 0.2) is 36.5 Å². The quantitative estimate of drug-likeness (QED) is 0.889. The Balaban J connectivity index is 1.65. The first-order valence-electron chi connectivity index (χ1n) is 6.87. The van der Waals surface area contributed by atoms with Gasteiger partial charge in [0.25, 0.3) is 5.91 Å². The molecule has 5 nitrogen and oxygen atoms in total. The number of hydrogen-bond donors (Lipinski definition) is 2. The molecule has 104 valence electrons. The van der Waals surface area contributed by atoms with E-state index in [2.05, 4.69) is 22.5 Å². The third kappa shape index (κ3) is 2.39. The van der Waals surface area contributed by atoms with E-state index in [0.29, 0.717) is 23.8 Å². The van der Waals surface area contributed by atoms with Gasteiger partial charge in [-0.2, -0.15) is 5.10 Å². The molecule has 1 fully saturated rings. The van der Waals surface area contributed by atoms with Crippen LogP contribution in [0.25, 0.3) is 0 Å². The van der Waals surface area contributed by atoms with Gasteiger partial charge in [0, 0.05) is 24.7 Å². The summed E-state index contributed by atoms with van der Waals surface area (Å²) in [6.07, 6.45) is 2.67. The molecule has 5 heteroatoms. The Morgan fingerprint density at radius 1 is 1.45 bits per heavy atom. The molecule has 2 atom stereocenters. The van der Waals surface area contributed by atoms with Gasteiger partial charge in [0.2, 0.25) is 0 Å². The number of aryl methyl sites for hydroxylation is 1. The van der Waals surface area contributed by atoms with E-state index >= 15 is 0 Å². The van der Waals surface area contributed by atoms with Crippen molar-refractivity contribution in [1.82, 2.24) is 15.1 Å². The molecule has 1 aliphatic carbocycles. The van der Waals surface area contributed by atoms with Gasteiger partial charge >= 0.3 is 0 Å². The fourth-order valence-corrected chi connectivity index (χ4v) is 2.44. The lowest BCUT2D eigenvalue weighted by atomic mass is 10.1. The number of nitrogens with one attached hydrogen (secondary N) is 1. The Hall–Kier alpha value is -2.30. The molecule has 20 heavy (non-hydrogen) atoms. The Morgan fingerprint density at radius 2 is 2.20 bits per heavy atom. The van der Waals surface area contributed by atoms with E-state index in [1.807, 2.05) is 25.1 Å². The van der Waals surface area contributed by atoms with Gasteiger partial charge in [-0.3, -0.25) is 9.48 Å². The fraction of sp³-hybridized carbons (Fsp3) is 0.333. The van der Waals surface area contributed by atoms with Crippen LogP contribution in [0.1, 0.15) is 35.3 Å². The van der Waals surface area contributed by atoms with Gasteiger partial charge in [-0.1, -0.05) is 30.3 Å². The van der Waals surface area contributed by atoms with Gasteiger partial charge < -0.3 is 11.1 Å². The van der Waals surface area contributed by atoms with E-state index in [-0.39, 0.29) is 11.9 Å². The molecule has 3 rings (SSSR count). The number of carbonyl (C=O) groups excluding carboxylic acids is 1. The van der Waals surface area contributed by atoms with E-state index in [1.54, 1.807) is 10.9 Å². The lowest BCUT2D eigenvalue weighted by Crippen LogP contribution is -2.27. The van der Waals surface area contributed by atoms with E-state index < -0.39 is 0 Å². The highest BCUT2D eigenvalue weighted by Gasteiger charge is 2.39. The Labute approximate surface area is 117 Å². The largest absolute Gasteiger partial charge is 0.396 e. The van der Waals surface area contributed by atoms with Crippen LogP contribution in [0, 0.1) is 0 Å². The van der Waals surface area contributed by atoms with Crippen molar-refractivity contribution in [3.63, 3.8) is 0 Å². The van der Waals surface area contributed by atoms with Crippen molar-refractivity contribution in [2.24, 2.45) is 0 Å². The van der Waals surface area contributed by atoms with Crippen LogP contribution in [-0.4, -0.2) is 21.7 Å². The zero-order chi connectivity index (χ0) is 14.1. The second kappa shape index (κ2) is 5.00. The van der Waals surface area contributed by atoms with Crippen LogP contribution >= 0.6 is 0 Å². The summed E-state index contributed by atoms with van der Waals surface area (Å²) in [6, 6.07) is 10.4. The molecule has 0 aliphatic heterocycles. The third-order valence-electron chi connectivity index (χ3n) is 3.66. The Morgan fingerprint density at radius 3 is 2.85 bits per heavy atom. The van der Waals surface area contributed by atoms with Gasteiger partial charge in [0.15, 0.2) is 5.69 Å². The molecule has 1 saturated carbocycles. The summed E-state index contributed by atoms with van der Waals surface area (Å²) < 4.78 is 1.67. The van der Waals surface area contributed by atoms with Crippen LogP contribution < -0.4 is 11.1 Å². The minimum absolute atomic E-state index is 0.182. The molecular weight excluding hydrogens is 252 g/mol. The SMILES string of the molecule is CCn1cc(N)c(C(=O)NC2CC2c2ccccc2)n1. The van der Waals surface area contributed by atoms with Crippen molar-refractivity contribution in [3.8, 4) is 0 Å². The molecule has 1 aromatic heterocycles. The highest BCUT2D eigenvalue weighted by atomic mass is 16.2. The molecule has 0 saturated heterocycles. The summed E-state index contributed by atoms with van der Waals surface area (Å²) in [5, 5.41) is 7.19. The topological polar surface area (TPSA) is 72.9 Å². The number of hydrogen-bond acceptors (Lipinski definition) is 3. The van der Waals surface area contributed by atoms with Gasteiger partial charge in [-0.25, -0.2) is 0 Å². The molecule has 1 amide bonds. The first-order chi connectivity index (χ1) is 9.69. The summed E-state index contributed by atoms with van der Waals surface area (Å²) in [5.74, 6) is 0.229. The van der Waals surface area contributed by atoms with E-state index in [4.69, 9.17) is 5.73 Å². The van der Waals surface area contributed by atoms with Gasteiger partial charge in [0.05, 0.1) is 5.69 Å². The molecule has 0 radical (unpaired) electrons. The third-order valence-corrected chi connectivity index (χ3v) is 3.66. The summed E-state index contributed by atoms with van der Waals surface area (Å²) in [5.41, 5.74) is 7.84. The zero-order valence-corrected chi connectivity index (χ0v) is 11.4. The molecule has 2 aromatic rings. The maximum absolute atomic E-state index is 12.2. The highest BCUT2D eigenvalue weighted by Crippen LogP contribution is 2.40. The minimum Gasteiger partial charge on any atom is -0.396 e. The first kappa shape index (κ1) is 12.7. The number of nitrogens with zero attached hydrogens (tertiary/aromatic N) is 2. The second-order valence-corrected chi connectivity index (χ2v) is 5.12. The number of carbonyl (C=O) groups is 1. The maximum atomic E-state index is 12.2. The monoisotopic (exact) mass is 270 g/mol. The number of rotatable bonds is 4. The van der Waals surface area contributed by atoms with Gasteiger partial charge in [-0.15, -0.1) is 0 Å². The molecule has 0 bridgehead atoms. The number of benzene rings is 1. The summed E-state index contributed by atoms with van der Waals surface area (Å²) >= 11 is 0. The maximum Gasteiger partial charge on any atom is 0.274 e. The normalized spacial score (nSPS) is 20.6. The van der Waals surface area contributed by atoms with E-state index in [0.717, 1.165) is 6.42 Å². The predicted octanol–water partition coefficient (Wildman–Crippen LogP) is 1.77. The smallest absolute Gasteiger partial charge is 0.274 e. The van der Waals surface area contributed by atoms with Crippen molar-refractivity contribution in [2.45, 2.75) is 31.8 Å². The molecule has 3 N–H and O–H groups in total. The van der Waals surface area contributed by atoms with Crippen molar-refractivity contribution < 1.29 is 4.79 Å². The van der Waals surface area contributed by atoms with Crippen LogP contribution in [-0.2, 0) is 6.54 Å². The number of nitrogens with two attached hydrogens (primary N) is 1. The molecule has 1 aliphatic rings. The zero-order valence-electron chi connectivity index (χ0n) is 11.4. The lowest BCUT2D eigenvalue weighted by Gasteiger charge is -2.03. The van der Waals surface area contributed by atoms with Crippen LogP contribution in [0.5, 0.6) is 0 Å². The number of nitrogen functional groups attached to an aromatic ring is 1. The van der Waals surface area contributed by atoms with Crippen molar-refractivity contribution >= 4 is 11.6 Å². The standard InChI is InChI=1S/C15H18N4O/c1-2-19-9-12(16)14(18-19)15(20)17-13-8-11(13)10-6-4-3-5-7-10/h3-7,9,11,13H,2,8,16H2,1H3,(H,17,20). The predicted molar refractivity (Wildman–Crippen MR) is 77.4 cm³/mol. The first-order valence-corrected chi connectivity index (χ1v) is 6.87. The van der Waals surface area contributed by atoms with Crippen LogP contribution in [0.2, 0.25) is 0 Å². The van der Waals surface area contributed by atoms with Crippen LogP contribution in [0.4, 0.5) is 5.69 Å². The van der Waals surface area contributed by atoms with Crippen molar-refractivity contribution in [3.05, 3.63) is 47.8 Å². The fourth-order valence-electron chi connectivity index (χ4n) is 2.44. The van der Waals surface area contributed by atoms with Gasteiger partial charge in [0.1, 0.15) is 0 Å². The number of aromatic nitrogens is 2. The lowest BCUT2D eigenvalue weighted by molar-refractivity contribution is 0.0945. The summed E-state index contributed by atoms with van der Waals surface area (Å²) in [7, 11) is 0. The second-order valence-electron chi connectivity index (χ2n) is 5.12. The molecular formula is C15H18N4O. The van der Waals surface area contributed by atoms with E-state index in [1.165, 1.54) is 5.56 Å². The number of anilines is 1. The molecule has 1 heterocycles. The Bertz CT molecular complexity index is 620. The van der Waals surface area contributed by atoms with E-state index in [9.17, 15) is 4.79 Å². The average molecular weight is 270 g/mol.